The van der Waals surface area contributed by atoms with Crippen molar-refractivity contribution in [3.63, 3.8) is 0 Å². The number of esters is 2. The fourth-order valence-corrected chi connectivity index (χ4v) is 10.4. The molecule has 0 bridgehead atoms. The summed E-state index contributed by atoms with van der Waals surface area (Å²) in [6.45, 7) is 4.77. The molecule has 9 heteroatoms. The van der Waals surface area contributed by atoms with E-state index in [0.717, 1.165) is 96.3 Å². The molecule has 0 aliphatic carbocycles. The van der Waals surface area contributed by atoms with Gasteiger partial charge in [0.25, 0.3) is 6.29 Å². The zero-order valence-electron chi connectivity index (χ0n) is 58.6. The number of carbonyl (C=O) groups is 3. The van der Waals surface area contributed by atoms with Crippen LogP contribution in [0.5, 0.6) is 0 Å². The van der Waals surface area contributed by atoms with E-state index in [1.165, 1.54) is 193 Å². The second kappa shape index (κ2) is 69.8. The molecule has 0 heterocycles. The van der Waals surface area contributed by atoms with Gasteiger partial charge in [0.05, 0.1) is 34.4 Å². The second-order valence-corrected chi connectivity index (χ2v) is 25.9. The third-order valence-electron chi connectivity index (χ3n) is 16.0. The van der Waals surface area contributed by atoms with Crippen molar-refractivity contribution in [2.75, 3.05) is 47.5 Å². The van der Waals surface area contributed by atoms with E-state index in [1.54, 1.807) is 0 Å². The Bertz CT molecular complexity index is 1830. The summed E-state index contributed by atoms with van der Waals surface area (Å²) >= 11 is 0. The molecule has 0 amide bonds. The van der Waals surface area contributed by atoms with Crippen molar-refractivity contribution in [3.8, 4) is 0 Å². The number of aliphatic carboxylic acids is 1. The molecule has 0 saturated carbocycles. The smallest absolute Gasteiger partial charge is 0.361 e. The molecule has 0 aliphatic rings. The van der Waals surface area contributed by atoms with Crippen molar-refractivity contribution < 1.29 is 42.9 Å². The molecule has 0 aromatic rings. The van der Waals surface area contributed by atoms with Crippen LogP contribution in [0, 0.1) is 0 Å². The van der Waals surface area contributed by atoms with Gasteiger partial charge in [-0.15, -0.1) is 0 Å². The van der Waals surface area contributed by atoms with Crippen LogP contribution in [0.25, 0.3) is 0 Å². The monoisotopic (exact) mass is 1240 g/mol. The Hall–Kier alpha value is -4.05. The van der Waals surface area contributed by atoms with E-state index < -0.39 is 24.3 Å². The zero-order chi connectivity index (χ0) is 64.7. The van der Waals surface area contributed by atoms with E-state index in [-0.39, 0.29) is 32.2 Å². The van der Waals surface area contributed by atoms with E-state index in [1.807, 2.05) is 21.1 Å². The standard InChI is InChI=1S/C80H139NO8/c1-6-8-10-12-14-16-18-20-22-24-26-28-30-32-34-36-38-39-41-42-44-46-48-50-52-54-56-58-60-62-64-66-68-70-77(82)87-74-76(75-88-80(79(84)85)86-73-72-81(3,4)5)89-78(83)71-69-67-65-63-61-59-57-55-53-51-49-47-45-43-40-37-35-33-31-29-27-25-23-21-19-17-15-13-11-9-7-2/h9,11,15,17-18,20-21,23-24,26-27,29,33,35,40,43,47,49,76,80H,6-8,10,12-14,16,19,22,25,28,30-32,34,36-39,41-42,44-46,48,50-75H2,1-5H3/p+1/b11-9-,17-15-,20-18-,23-21-,26-24-,29-27-,35-33-,43-40-,49-47-. The predicted octanol–water partition coefficient (Wildman–Crippen LogP) is 23.4. The van der Waals surface area contributed by atoms with Gasteiger partial charge in [-0.1, -0.05) is 316 Å². The van der Waals surface area contributed by atoms with Crippen molar-refractivity contribution in [2.45, 2.75) is 334 Å². The van der Waals surface area contributed by atoms with Crippen LogP contribution in [0.15, 0.2) is 109 Å². The van der Waals surface area contributed by atoms with Gasteiger partial charge >= 0.3 is 17.9 Å². The number of rotatable bonds is 68. The Labute approximate surface area is 549 Å². The molecule has 1 N–H and O–H groups in total. The van der Waals surface area contributed by atoms with Crippen LogP contribution in [-0.4, -0.2) is 87.4 Å². The van der Waals surface area contributed by atoms with Crippen molar-refractivity contribution in [2.24, 2.45) is 0 Å². The molecule has 9 nitrogen and oxygen atoms in total. The number of hydrogen-bond acceptors (Lipinski definition) is 7. The first-order valence-corrected chi connectivity index (χ1v) is 37.1. The van der Waals surface area contributed by atoms with Crippen LogP contribution in [0.4, 0.5) is 0 Å². The number of unbranched alkanes of at least 4 members (excludes halogenated alkanes) is 35. The lowest BCUT2D eigenvalue weighted by Gasteiger charge is -2.25. The van der Waals surface area contributed by atoms with Crippen LogP contribution in [0.3, 0.4) is 0 Å². The van der Waals surface area contributed by atoms with Gasteiger partial charge in [0.2, 0.25) is 0 Å². The topological polar surface area (TPSA) is 108 Å². The van der Waals surface area contributed by atoms with Crippen molar-refractivity contribution in [1.82, 2.24) is 0 Å². The fraction of sp³-hybridized carbons (Fsp3) is 0.738. The van der Waals surface area contributed by atoms with Crippen molar-refractivity contribution >= 4 is 17.9 Å². The lowest BCUT2D eigenvalue weighted by molar-refractivity contribution is -0.870. The van der Waals surface area contributed by atoms with Crippen LogP contribution in [-0.2, 0) is 33.3 Å². The maximum Gasteiger partial charge on any atom is 0.361 e. The van der Waals surface area contributed by atoms with E-state index in [2.05, 4.69) is 123 Å². The number of carboxylic acids is 1. The third kappa shape index (κ3) is 71.3. The van der Waals surface area contributed by atoms with Gasteiger partial charge in [-0.2, -0.15) is 0 Å². The number of carboxylic acid groups (broad SMARTS) is 1. The first kappa shape index (κ1) is 85.0. The number of quaternary nitrogens is 1. The fourth-order valence-electron chi connectivity index (χ4n) is 10.4. The quantitative estimate of drug-likeness (QED) is 0.0211. The summed E-state index contributed by atoms with van der Waals surface area (Å²) in [5.41, 5.74) is 0. The summed E-state index contributed by atoms with van der Waals surface area (Å²) in [6, 6.07) is 0. The van der Waals surface area contributed by atoms with Gasteiger partial charge < -0.3 is 28.5 Å². The molecule has 0 aromatic heterocycles. The lowest BCUT2D eigenvalue weighted by Crippen LogP contribution is -2.40. The Morgan fingerprint density at radius 1 is 0.348 bits per heavy atom. The summed E-state index contributed by atoms with van der Waals surface area (Å²) in [7, 11) is 5.98. The minimum absolute atomic E-state index is 0.183. The molecular weight excluding hydrogens is 1100 g/mol. The van der Waals surface area contributed by atoms with Crippen LogP contribution in [0.1, 0.15) is 322 Å². The van der Waals surface area contributed by atoms with Gasteiger partial charge in [-0.25, -0.2) is 4.79 Å². The summed E-state index contributed by atoms with van der Waals surface area (Å²) in [5, 5.41) is 9.76. The predicted molar refractivity (Wildman–Crippen MR) is 382 cm³/mol. The third-order valence-corrected chi connectivity index (χ3v) is 16.0. The van der Waals surface area contributed by atoms with Crippen LogP contribution in [0.2, 0.25) is 0 Å². The highest BCUT2D eigenvalue weighted by Crippen LogP contribution is 2.18. The van der Waals surface area contributed by atoms with Gasteiger partial charge in [0.15, 0.2) is 6.10 Å². The number of hydrogen-bond donors (Lipinski definition) is 1. The number of carbonyl (C=O) groups excluding carboxylic acids is 2. The second-order valence-electron chi connectivity index (χ2n) is 25.9. The lowest BCUT2D eigenvalue weighted by atomic mass is 10.0. The highest BCUT2D eigenvalue weighted by molar-refractivity contribution is 5.71. The van der Waals surface area contributed by atoms with Gasteiger partial charge in [-0.3, -0.25) is 9.59 Å². The Kier molecular flexibility index (Phi) is 66.7. The van der Waals surface area contributed by atoms with Gasteiger partial charge in [-0.05, 0) is 103 Å². The number of likely N-dealkylation sites (N-methyl/N-ethyl adjacent to an activating group) is 1. The molecule has 0 rings (SSSR count). The maximum atomic E-state index is 13.0. The number of ether oxygens (including phenoxy) is 4. The molecule has 0 radical (unpaired) electrons. The molecule has 0 spiro atoms. The van der Waals surface area contributed by atoms with E-state index in [9.17, 15) is 19.5 Å². The van der Waals surface area contributed by atoms with E-state index in [0.29, 0.717) is 23.9 Å². The van der Waals surface area contributed by atoms with Crippen LogP contribution >= 0.6 is 0 Å². The van der Waals surface area contributed by atoms with Crippen LogP contribution < -0.4 is 0 Å². The minimum Gasteiger partial charge on any atom is -0.477 e. The SMILES string of the molecule is CC/C=C\C/C=C\C/C=C\C/C=C\C/C=C\C/C=C\C/C=C\CCCCCCCCCCCC(=O)OC(COC(=O)CCCCCCCCCCCCCCCCCCCCCCC/C=C\C/C=C\CCCCCCC)COC(OCC[N+](C)(C)C)C(=O)O. The van der Waals surface area contributed by atoms with Crippen molar-refractivity contribution in [1.29, 1.82) is 0 Å². The molecule has 2 unspecified atom stereocenters. The average molecular weight is 1240 g/mol. The molecule has 512 valence electrons. The summed E-state index contributed by atoms with van der Waals surface area (Å²) in [5.74, 6) is -2.01. The number of nitrogens with zero attached hydrogens (tertiary/aromatic N) is 1. The highest BCUT2D eigenvalue weighted by Gasteiger charge is 2.25. The zero-order valence-corrected chi connectivity index (χ0v) is 58.6. The summed E-state index contributed by atoms with van der Waals surface area (Å²) in [6.07, 6.45) is 95.0. The van der Waals surface area contributed by atoms with Crippen molar-refractivity contribution in [3.05, 3.63) is 109 Å². The molecule has 0 fully saturated rings. The van der Waals surface area contributed by atoms with E-state index >= 15 is 0 Å². The number of allylic oxidation sites excluding steroid dienone is 18. The molecule has 0 aromatic carbocycles. The first-order valence-electron chi connectivity index (χ1n) is 37.1. The largest absolute Gasteiger partial charge is 0.477 e. The van der Waals surface area contributed by atoms with E-state index in [4.69, 9.17) is 18.9 Å². The normalized spacial score (nSPS) is 13.3. The maximum absolute atomic E-state index is 13.0. The Balaban J connectivity index is 4.10. The highest BCUT2D eigenvalue weighted by atomic mass is 16.7. The summed E-state index contributed by atoms with van der Waals surface area (Å²) < 4.78 is 23.0. The average Bonchev–Trinajstić information content (AvgIpc) is 3.64. The summed E-state index contributed by atoms with van der Waals surface area (Å²) in [4.78, 5) is 37.7. The molecular formula is C80H140NO8+. The molecule has 0 aliphatic heterocycles. The van der Waals surface area contributed by atoms with Gasteiger partial charge in [0.1, 0.15) is 13.2 Å². The van der Waals surface area contributed by atoms with Gasteiger partial charge in [0, 0.05) is 12.8 Å². The molecule has 89 heavy (non-hydrogen) atoms. The minimum atomic E-state index is -1.52. The first-order chi connectivity index (χ1) is 43.6. The Morgan fingerprint density at radius 2 is 0.640 bits per heavy atom. The Morgan fingerprint density at radius 3 is 0.955 bits per heavy atom. The molecule has 2 atom stereocenters. The molecule has 0 saturated heterocycles.